The molecule has 1 aromatic rings. The highest BCUT2D eigenvalue weighted by Crippen LogP contribution is 2.24. The lowest BCUT2D eigenvalue weighted by Gasteiger charge is -2.19. The lowest BCUT2D eigenvalue weighted by Crippen LogP contribution is -2.38. The fourth-order valence-electron chi connectivity index (χ4n) is 2.10. The molecule has 1 saturated heterocycles. The van der Waals surface area contributed by atoms with Gasteiger partial charge in [0.2, 0.25) is 0 Å². The molecule has 2 N–H and O–H groups in total. The highest BCUT2D eigenvalue weighted by Gasteiger charge is 2.18. The minimum Gasteiger partial charge on any atom is -0.410 e. The molecular formula is C15H22N2O2. The second-order valence-electron chi connectivity index (χ2n) is 6.00. The van der Waals surface area contributed by atoms with E-state index in [4.69, 9.17) is 4.74 Å². The topological polar surface area (TPSA) is 50.4 Å². The van der Waals surface area contributed by atoms with Gasteiger partial charge in [0, 0.05) is 12.6 Å². The van der Waals surface area contributed by atoms with E-state index >= 15 is 0 Å². The Hall–Kier alpha value is -1.55. The first-order valence-corrected chi connectivity index (χ1v) is 6.75. The van der Waals surface area contributed by atoms with Crippen molar-refractivity contribution in [3.8, 4) is 5.75 Å². The van der Waals surface area contributed by atoms with Crippen molar-refractivity contribution in [1.29, 1.82) is 0 Å². The number of ether oxygens (including phenoxy) is 1. The molecule has 0 aromatic heterocycles. The second kappa shape index (κ2) is 5.61. The maximum Gasteiger partial charge on any atom is 0.412 e. The van der Waals surface area contributed by atoms with Crippen LogP contribution in [0.25, 0.3) is 0 Å². The van der Waals surface area contributed by atoms with Gasteiger partial charge in [-0.15, -0.1) is 0 Å². The van der Waals surface area contributed by atoms with Gasteiger partial charge in [-0.25, -0.2) is 4.79 Å². The Kier molecular flexibility index (Phi) is 4.10. The number of rotatable bonds is 2. The minimum atomic E-state index is -0.378. The fourth-order valence-corrected chi connectivity index (χ4v) is 2.10. The van der Waals surface area contributed by atoms with Crippen LogP contribution in [0.4, 0.5) is 4.79 Å². The minimum absolute atomic E-state index is 0.107. The predicted octanol–water partition coefficient (Wildman–Crippen LogP) is 2.43. The lowest BCUT2D eigenvalue weighted by atomic mass is 9.87. The zero-order valence-corrected chi connectivity index (χ0v) is 11.8. The molecule has 0 bridgehead atoms. The zero-order valence-electron chi connectivity index (χ0n) is 11.8. The molecule has 4 heteroatoms. The van der Waals surface area contributed by atoms with Gasteiger partial charge in [0.25, 0.3) is 0 Å². The first kappa shape index (κ1) is 13.9. The van der Waals surface area contributed by atoms with E-state index in [0.717, 1.165) is 19.5 Å². The van der Waals surface area contributed by atoms with Crippen LogP contribution in [-0.2, 0) is 5.41 Å². The summed E-state index contributed by atoms with van der Waals surface area (Å²) in [6.07, 6.45) is 0.579. The standard InChI is InChI=1S/C15H22N2O2/c1-15(2,3)11-4-6-13(7-5-11)19-14(18)17-12-8-9-16-10-12/h4-7,12,16H,8-10H2,1-3H3,(H,17,18). The van der Waals surface area contributed by atoms with E-state index in [0.29, 0.717) is 5.75 Å². The van der Waals surface area contributed by atoms with Crippen molar-refractivity contribution >= 4 is 6.09 Å². The van der Waals surface area contributed by atoms with E-state index in [1.807, 2.05) is 24.3 Å². The van der Waals surface area contributed by atoms with Crippen molar-refractivity contribution in [3.05, 3.63) is 29.8 Å². The third-order valence-electron chi connectivity index (χ3n) is 3.31. The molecule has 0 aliphatic carbocycles. The largest absolute Gasteiger partial charge is 0.412 e. The average Bonchev–Trinajstić information content (AvgIpc) is 2.81. The molecule has 0 radical (unpaired) electrons. The van der Waals surface area contributed by atoms with Gasteiger partial charge in [0.05, 0.1) is 0 Å². The molecule has 1 fully saturated rings. The van der Waals surface area contributed by atoms with Gasteiger partial charge in [0.15, 0.2) is 0 Å². The zero-order chi connectivity index (χ0) is 13.9. The highest BCUT2D eigenvalue weighted by atomic mass is 16.6. The van der Waals surface area contributed by atoms with Crippen LogP contribution < -0.4 is 15.4 Å². The van der Waals surface area contributed by atoms with Crippen molar-refractivity contribution in [2.75, 3.05) is 13.1 Å². The molecule has 4 nitrogen and oxygen atoms in total. The second-order valence-corrected chi connectivity index (χ2v) is 6.00. The Labute approximate surface area is 114 Å². The quantitative estimate of drug-likeness (QED) is 0.860. The molecule has 1 aliphatic rings. The number of carbonyl (C=O) groups is 1. The van der Waals surface area contributed by atoms with Crippen molar-refractivity contribution in [2.24, 2.45) is 0 Å². The van der Waals surface area contributed by atoms with Gasteiger partial charge in [0.1, 0.15) is 5.75 Å². The summed E-state index contributed by atoms with van der Waals surface area (Å²) in [5.74, 6) is 0.580. The summed E-state index contributed by atoms with van der Waals surface area (Å²) in [4.78, 5) is 11.7. The third kappa shape index (κ3) is 3.96. The molecule has 1 atom stereocenters. The van der Waals surface area contributed by atoms with Gasteiger partial charge in [-0.05, 0) is 36.1 Å². The Morgan fingerprint density at radius 3 is 2.53 bits per heavy atom. The highest BCUT2D eigenvalue weighted by molar-refractivity contribution is 5.70. The average molecular weight is 262 g/mol. The molecule has 0 saturated carbocycles. The number of amides is 1. The number of nitrogens with one attached hydrogen (secondary N) is 2. The van der Waals surface area contributed by atoms with Gasteiger partial charge in [-0.3, -0.25) is 0 Å². The summed E-state index contributed by atoms with van der Waals surface area (Å²) in [7, 11) is 0. The van der Waals surface area contributed by atoms with Crippen molar-refractivity contribution in [3.63, 3.8) is 0 Å². The van der Waals surface area contributed by atoms with Crippen molar-refractivity contribution in [1.82, 2.24) is 10.6 Å². The number of benzene rings is 1. The first-order chi connectivity index (χ1) is 8.95. The van der Waals surface area contributed by atoms with Crippen LogP contribution in [0.1, 0.15) is 32.8 Å². The fraction of sp³-hybridized carbons (Fsp3) is 0.533. The summed E-state index contributed by atoms with van der Waals surface area (Å²) < 4.78 is 5.27. The first-order valence-electron chi connectivity index (χ1n) is 6.75. The SMILES string of the molecule is CC(C)(C)c1ccc(OC(=O)NC2CCNC2)cc1. The van der Waals surface area contributed by atoms with Gasteiger partial charge in [-0.1, -0.05) is 32.9 Å². The predicted molar refractivity (Wildman–Crippen MR) is 75.6 cm³/mol. The molecule has 1 aliphatic heterocycles. The van der Waals surface area contributed by atoms with E-state index < -0.39 is 0 Å². The molecule has 1 aromatic carbocycles. The van der Waals surface area contributed by atoms with Crippen LogP contribution in [0.5, 0.6) is 5.75 Å². The van der Waals surface area contributed by atoms with E-state index in [-0.39, 0.29) is 17.6 Å². The number of carbonyl (C=O) groups excluding carboxylic acids is 1. The third-order valence-corrected chi connectivity index (χ3v) is 3.31. The van der Waals surface area contributed by atoms with Crippen LogP contribution >= 0.6 is 0 Å². The normalized spacial score (nSPS) is 19.2. The number of hydrogen-bond acceptors (Lipinski definition) is 3. The summed E-state index contributed by atoms with van der Waals surface area (Å²) >= 11 is 0. The van der Waals surface area contributed by atoms with Crippen LogP contribution in [0.15, 0.2) is 24.3 Å². The van der Waals surface area contributed by atoms with Gasteiger partial charge in [-0.2, -0.15) is 0 Å². The molecule has 104 valence electrons. The molecule has 1 unspecified atom stereocenters. The maximum absolute atomic E-state index is 11.7. The maximum atomic E-state index is 11.7. The molecule has 0 spiro atoms. The molecule has 19 heavy (non-hydrogen) atoms. The van der Waals surface area contributed by atoms with Gasteiger partial charge >= 0.3 is 6.09 Å². The molecule has 2 rings (SSSR count). The Balaban J connectivity index is 1.90. The Bertz CT molecular complexity index is 428. The molecule has 1 amide bonds. The van der Waals surface area contributed by atoms with Crippen LogP contribution in [0.3, 0.4) is 0 Å². The molecule has 1 heterocycles. The lowest BCUT2D eigenvalue weighted by molar-refractivity contribution is 0.197. The number of hydrogen-bond donors (Lipinski definition) is 2. The molecular weight excluding hydrogens is 240 g/mol. The van der Waals surface area contributed by atoms with Crippen molar-refractivity contribution in [2.45, 2.75) is 38.6 Å². The monoisotopic (exact) mass is 262 g/mol. The summed E-state index contributed by atoms with van der Waals surface area (Å²) in [6, 6.07) is 7.86. The van der Waals surface area contributed by atoms with E-state index in [2.05, 4.69) is 31.4 Å². The summed E-state index contributed by atoms with van der Waals surface area (Å²) in [5, 5.41) is 6.04. The smallest absolute Gasteiger partial charge is 0.410 e. The summed E-state index contributed by atoms with van der Waals surface area (Å²) in [5.41, 5.74) is 1.33. The van der Waals surface area contributed by atoms with E-state index in [1.54, 1.807) is 0 Å². The van der Waals surface area contributed by atoms with Crippen molar-refractivity contribution < 1.29 is 9.53 Å². The summed E-state index contributed by atoms with van der Waals surface area (Å²) in [6.45, 7) is 8.23. The Morgan fingerprint density at radius 2 is 2.00 bits per heavy atom. The van der Waals surface area contributed by atoms with E-state index in [9.17, 15) is 4.79 Å². The Morgan fingerprint density at radius 1 is 1.32 bits per heavy atom. The van der Waals surface area contributed by atoms with Gasteiger partial charge < -0.3 is 15.4 Å². The van der Waals surface area contributed by atoms with Crippen LogP contribution in [-0.4, -0.2) is 25.2 Å². The van der Waals surface area contributed by atoms with E-state index in [1.165, 1.54) is 5.56 Å². The van der Waals surface area contributed by atoms with Crippen LogP contribution in [0.2, 0.25) is 0 Å². The van der Waals surface area contributed by atoms with Crippen LogP contribution in [0, 0.1) is 0 Å².